The quantitative estimate of drug-likeness (QED) is 0.566. The van der Waals surface area contributed by atoms with Crippen LogP contribution in [-0.2, 0) is 17.9 Å². The first kappa shape index (κ1) is 20.3. The van der Waals surface area contributed by atoms with Crippen LogP contribution in [0.5, 0.6) is 0 Å². The van der Waals surface area contributed by atoms with Crippen molar-refractivity contribution in [1.82, 2.24) is 28.9 Å². The van der Waals surface area contributed by atoms with E-state index in [1.165, 1.54) is 0 Å². The third kappa shape index (κ3) is 3.24. The van der Waals surface area contributed by atoms with E-state index in [-0.39, 0.29) is 16.2 Å². The van der Waals surface area contributed by atoms with Gasteiger partial charge in [0, 0.05) is 42.6 Å². The molecule has 0 aliphatic carbocycles. The van der Waals surface area contributed by atoms with Gasteiger partial charge in [0.2, 0.25) is 0 Å². The van der Waals surface area contributed by atoms with Crippen LogP contribution in [0.15, 0.2) is 35.6 Å². The predicted molar refractivity (Wildman–Crippen MR) is 121 cm³/mol. The molecule has 2 aliphatic heterocycles. The number of aromatic nitrogens is 5. The molecule has 2 aliphatic rings. The molecule has 0 radical (unpaired) electrons. The molecular formula is C20H26BrN7OS. The van der Waals surface area contributed by atoms with Crippen molar-refractivity contribution in [2.24, 2.45) is 5.41 Å². The minimum atomic E-state index is -1.14. The lowest BCUT2D eigenvalue weighted by Gasteiger charge is -2.43. The average molecular weight is 492 g/mol. The summed E-state index contributed by atoms with van der Waals surface area (Å²) >= 11 is 2.40. The van der Waals surface area contributed by atoms with Gasteiger partial charge in [-0.1, -0.05) is 0 Å². The smallest absolute Gasteiger partial charge is 0.154 e. The Labute approximate surface area is 187 Å². The number of fused-ring (bicyclic) bond motifs is 2. The number of anilines is 1. The zero-order valence-corrected chi connectivity index (χ0v) is 19.8. The summed E-state index contributed by atoms with van der Waals surface area (Å²) in [4.78, 5) is 11.3. The van der Waals surface area contributed by atoms with Crippen LogP contribution in [0.25, 0.3) is 5.52 Å². The van der Waals surface area contributed by atoms with Gasteiger partial charge in [-0.25, -0.2) is 9.97 Å². The normalized spacial score (nSPS) is 22.0. The summed E-state index contributed by atoms with van der Waals surface area (Å²) in [5, 5.41) is 4.52. The van der Waals surface area contributed by atoms with Crippen LogP contribution < -0.4 is 9.62 Å². The fourth-order valence-electron chi connectivity index (χ4n) is 4.62. The molecule has 160 valence electrons. The summed E-state index contributed by atoms with van der Waals surface area (Å²) < 4.78 is 21.1. The minimum absolute atomic E-state index is 0.00684. The Morgan fingerprint density at radius 3 is 2.77 bits per heavy atom. The molecule has 1 N–H and O–H groups in total. The molecule has 0 saturated carbocycles. The van der Waals surface area contributed by atoms with Gasteiger partial charge in [0.25, 0.3) is 0 Å². The minimum Gasteiger partial charge on any atom is -0.598 e. The second-order valence-corrected chi connectivity index (χ2v) is 12.1. The van der Waals surface area contributed by atoms with E-state index in [1.54, 1.807) is 6.33 Å². The maximum Gasteiger partial charge on any atom is 0.154 e. The highest BCUT2D eigenvalue weighted by Gasteiger charge is 2.51. The highest BCUT2D eigenvalue weighted by Crippen LogP contribution is 2.50. The number of halogens is 1. The summed E-state index contributed by atoms with van der Waals surface area (Å²) in [5.41, 5.74) is 2.15. The molecule has 1 unspecified atom stereocenters. The van der Waals surface area contributed by atoms with Crippen LogP contribution in [0.1, 0.15) is 45.3 Å². The largest absolute Gasteiger partial charge is 0.598 e. The summed E-state index contributed by atoms with van der Waals surface area (Å²) in [6.07, 6.45) is 9.29. The van der Waals surface area contributed by atoms with E-state index in [0.29, 0.717) is 0 Å². The average Bonchev–Trinajstić information content (AvgIpc) is 3.40. The molecule has 0 amide bonds. The van der Waals surface area contributed by atoms with Gasteiger partial charge >= 0.3 is 0 Å². The zero-order chi connectivity index (χ0) is 21.1. The van der Waals surface area contributed by atoms with Crippen LogP contribution >= 0.6 is 15.9 Å². The number of hydrogen-bond donors (Lipinski definition) is 1. The summed E-state index contributed by atoms with van der Waals surface area (Å²) in [7, 11) is 0. The van der Waals surface area contributed by atoms with Gasteiger partial charge in [-0.3, -0.25) is 9.08 Å². The van der Waals surface area contributed by atoms with Crippen LogP contribution in [0.4, 0.5) is 5.82 Å². The van der Waals surface area contributed by atoms with E-state index >= 15 is 0 Å². The van der Waals surface area contributed by atoms with Crippen molar-refractivity contribution < 1.29 is 4.55 Å². The highest BCUT2D eigenvalue weighted by molar-refractivity contribution is 9.10. The van der Waals surface area contributed by atoms with E-state index in [9.17, 15) is 4.55 Å². The monoisotopic (exact) mass is 491 g/mol. The van der Waals surface area contributed by atoms with E-state index in [2.05, 4.69) is 51.4 Å². The molecule has 3 aromatic heterocycles. The van der Waals surface area contributed by atoms with E-state index in [0.717, 1.165) is 54.1 Å². The zero-order valence-electron chi connectivity index (χ0n) is 17.4. The number of nitrogens with zero attached hydrogens (tertiary/aromatic N) is 6. The van der Waals surface area contributed by atoms with Crippen LogP contribution in [0.3, 0.4) is 0 Å². The Hall–Kier alpha value is -1.62. The Balaban J connectivity index is 1.40. The van der Waals surface area contributed by atoms with Crippen molar-refractivity contribution in [2.45, 2.75) is 50.9 Å². The molecule has 8 nitrogen and oxygen atoms in total. The summed E-state index contributed by atoms with van der Waals surface area (Å²) in [6, 6.07) is 2.10. The van der Waals surface area contributed by atoms with Crippen molar-refractivity contribution in [3.63, 3.8) is 0 Å². The van der Waals surface area contributed by atoms with Crippen molar-refractivity contribution in [2.75, 3.05) is 18.0 Å². The van der Waals surface area contributed by atoms with E-state index in [4.69, 9.17) is 0 Å². The van der Waals surface area contributed by atoms with Gasteiger partial charge < -0.3 is 9.45 Å². The predicted octanol–water partition coefficient (Wildman–Crippen LogP) is 3.08. The summed E-state index contributed by atoms with van der Waals surface area (Å²) in [5.74, 6) is 0.962. The Morgan fingerprint density at radius 1 is 1.27 bits per heavy atom. The molecular weight excluding hydrogens is 466 g/mol. The highest BCUT2D eigenvalue weighted by atomic mass is 79.9. The van der Waals surface area contributed by atoms with Crippen molar-refractivity contribution in [3.8, 4) is 0 Å². The number of nitrogens with one attached hydrogen (secondary N) is 1. The van der Waals surface area contributed by atoms with Gasteiger partial charge in [0.15, 0.2) is 5.82 Å². The number of rotatable bonds is 3. The first-order chi connectivity index (χ1) is 14.3. The maximum absolute atomic E-state index is 12.9. The SMILES string of the molecule is CC(C)(C)[S+]([O-])N[C@@H]1c2ccnn2CC12CCN(c1ncc(Br)n3cncc13)CC2. The lowest BCUT2D eigenvalue weighted by atomic mass is 9.73. The van der Waals surface area contributed by atoms with Crippen LogP contribution in [0, 0.1) is 5.41 Å². The molecule has 5 heterocycles. The number of imidazole rings is 1. The first-order valence-electron chi connectivity index (χ1n) is 10.2. The molecule has 3 aromatic rings. The van der Waals surface area contributed by atoms with Crippen molar-refractivity contribution in [1.29, 1.82) is 0 Å². The Morgan fingerprint density at radius 2 is 2.03 bits per heavy atom. The fraction of sp³-hybridized carbons (Fsp3) is 0.550. The fourth-order valence-corrected chi connectivity index (χ4v) is 5.94. The second-order valence-electron chi connectivity index (χ2n) is 9.25. The number of piperidine rings is 1. The van der Waals surface area contributed by atoms with E-state index < -0.39 is 11.4 Å². The van der Waals surface area contributed by atoms with Crippen molar-refractivity contribution >= 4 is 38.6 Å². The first-order valence-corrected chi connectivity index (χ1v) is 12.1. The maximum atomic E-state index is 12.9. The van der Waals surface area contributed by atoms with Gasteiger partial charge in [0.1, 0.15) is 27.2 Å². The molecule has 30 heavy (non-hydrogen) atoms. The molecule has 1 spiro atoms. The lowest BCUT2D eigenvalue weighted by Crippen LogP contribution is -2.50. The standard InChI is InChI=1S/C20H26BrN7OS/c1-19(2,3)30(29)25-17-14-4-7-24-28(14)12-20(17)5-8-26(9-6-20)18-15-10-22-13-27(15)16(21)11-23-18/h4,7,10-11,13,17,25H,5-6,8-9,12H2,1-3H3/t17-,30?/m1/s1. The Bertz CT molecular complexity index is 1070. The molecule has 0 aromatic carbocycles. The lowest BCUT2D eigenvalue weighted by molar-refractivity contribution is 0.160. The Kier molecular flexibility index (Phi) is 4.88. The van der Waals surface area contributed by atoms with Gasteiger partial charge in [-0.05, 0) is 55.6 Å². The number of hydrogen-bond acceptors (Lipinski definition) is 6. The molecule has 2 atom stereocenters. The summed E-state index contributed by atoms with van der Waals surface area (Å²) in [6.45, 7) is 8.66. The van der Waals surface area contributed by atoms with Gasteiger partial charge in [0.05, 0.1) is 18.1 Å². The van der Waals surface area contributed by atoms with Crippen LogP contribution in [0.2, 0.25) is 0 Å². The van der Waals surface area contributed by atoms with Gasteiger partial charge in [-0.15, -0.1) is 4.72 Å². The van der Waals surface area contributed by atoms with E-state index in [1.807, 2.05) is 43.8 Å². The third-order valence-corrected chi connectivity index (χ3v) is 8.50. The topological polar surface area (TPSA) is 86.3 Å². The van der Waals surface area contributed by atoms with Gasteiger partial charge in [-0.2, -0.15) is 5.10 Å². The van der Waals surface area contributed by atoms with Crippen LogP contribution in [-0.4, -0.2) is 46.5 Å². The molecule has 10 heteroatoms. The molecule has 1 saturated heterocycles. The van der Waals surface area contributed by atoms with Crippen molar-refractivity contribution in [3.05, 3.63) is 41.3 Å². The second kappa shape index (κ2) is 7.22. The third-order valence-electron chi connectivity index (χ3n) is 6.35. The molecule has 0 bridgehead atoms. The molecule has 1 fully saturated rings. The molecule has 5 rings (SSSR count).